The molecule has 2 fully saturated rings. The van der Waals surface area contributed by atoms with Crippen LogP contribution in [0.3, 0.4) is 0 Å². The maximum Gasteiger partial charge on any atom is 0.236 e. The van der Waals surface area contributed by atoms with Gasteiger partial charge in [0.05, 0.1) is 19.8 Å². The Kier molecular flexibility index (Phi) is 7.43. The summed E-state index contributed by atoms with van der Waals surface area (Å²) in [5.41, 5.74) is 0.927. The van der Waals surface area contributed by atoms with Gasteiger partial charge in [0.15, 0.2) is 5.96 Å². The Morgan fingerprint density at radius 1 is 1.06 bits per heavy atom. The molecule has 2 saturated heterocycles. The SMILES string of the molecule is CCNC(=NCCc1cc2ccccc2o1)N1CCN(CC(=O)N2CCOCC2)CC1. The monoisotopic (exact) mass is 427 g/mol. The van der Waals surface area contributed by atoms with Crippen molar-refractivity contribution in [2.24, 2.45) is 4.99 Å². The van der Waals surface area contributed by atoms with E-state index in [-0.39, 0.29) is 5.91 Å². The Labute approximate surface area is 183 Å². The second kappa shape index (κ2) is 10.6. The summed E-state index contributed by atoms with van der Waals surface area (Å²) < 4.78 is 11.2. The van der Waals surface area contributed by atoms with Crippen molar-refractivity contribution in [3.63, 3.8) is 0 Å². The van der Waals surface area contributed by atoms with Crippen LogP contribution in [-0.4, -0.2) is 98.7 Å². The molecule has 168 valence electrons. The molecule has 2 aromatic rings. The number of aliphatic imine (C=N–C) groups is 1. The third-order valence-electron chi connectivity index (χ3n) is 5.83. The summed E-state index contributed by atoms with van der Waals surface area (Å²) in [5.74, 6) is 2.12. The van der Waals surface area contributed by atoms with E-state index in [4.69, 9.17) is 14.1 Å². The third kappa shape index (κ3) is 5.77. The van der Waals surface area contributed by atoms with Crippen LogP contribution in [0.4, 0.5) is 0 Å². The normalized spacial score (nSPS) is 18.5. The molecule has 1 N–H and O–H groups in total. The van der Waals surface area contributed by atoms with Crippen molar-refractivity contribution in [2.75, 3.05) is 72.1 Å². The highest BCUT2D eigenvalue weighted by molar-refractivity contribution is 5.81. The first-order valence-electron chi connectivity index (χ1n) is 11.3. The quantitative estimate of drug-likeness (QED) is 0.555. The van der Waals surface area contributed by atoms with Crippen LogP contribution in [0.1, 0.15) is 12.7 Å². The second-order valence-electron chi connectivity index (χ2n) is 7.99. The van der Waals surface area contributed by atoms with Crippen molar-refractivity contribution in [3.8, 4) is 0 Å². The van der Waals surface area contributed by atoms with Gasteiger partial charge in [-0.2, -0.15) is 0 Å². The van der Waals surface area contributed by atoms with Gasteiger partial charge in [0.1, 0.15) is 11.3 Å². The molecular weight excluding hydrogens is 394 g/mol. The average molecular weight is 428 g/mol. The second-order valence-corrected chi connectivity index (χ2v) is 7.99. The Balaban J connectivity index is 1.26. The lowest BCUT2D eigenvalue weighted by molar-refractivity contribution is -0.136. The van der Waals surface area contributed by atoms with Gasteiger partial charge in [0, 0.05) is 64.2 Å². The highest BCUT2D eigenvalue weighted by Gasteiger charge is 2.24. The molecule has 1 amide bonds. The van der Waals surface area contributed by atoms with E-state index in [1.54, 1.807) is 0 Å². The molecule has 4 rings (SSSR count). The zero-order valence-corrected chi connectivity index (χ0v) is 18.4. The van der Waals surface area contributed by atoms with Crippen molar-refractivity contribution in [3.05, 3.63) is 36.1 Å². The van der Waals surface area contributed by atoms with E-state index in [9.17, 15) is 4.79 Å². The van der Waals surface area contributed by atoms with Crippen LogP contribution in [-0.2, 0) is 16.0 Å². The van der Waals surface area contributed by atoms with Gasteiger partial charge in [-0.25, -0.2) is 0 Å². The first kappa shape index (κ1) is 21.6. The smallest absolute Gasteiger partial charge is 0.236 e. The zero-order chi connectivity index (χ0) is 21.5. The summed E-state index contributed by atoms with van der Waals surface area (Å²) in [6.45, 7) is 10.3. The number of morpholine rings is 1. The number of carbonyl (C=O) groups excluding carboxylic acids is 1. The number of nitrogens with one attached hydrogen (secondary N) is 1. The minimum Gasteiger partial charge on any atom is -0.461 e. The number of hydrogen-bond donors (Lipinski definition) is 1. The maximum absolute atomic E-state index is 12.5. The standard InChI is InChI=1S/C23H33N5O3/c1-2-24-23(25-8-7-20-17-19-5-3-4-6-21(19)31-20)28-11-9-26(10-12-28)18-22(29)27-13-15-30-16-14-27/h3-6,17H,2,7-16,18H2,1H3,(H,24,25). The van der Waals surface area contributed by atoms with Gasteiger partial charge in [-0.05, 0) is 19.1 Å². The number of fused-ring (bicyclic) bond motifs is 1. The zero-order valence-electron chi connectivity index (χ0n) is 18.4. The number of para-hydroxylation sites is 1. The lowest BCUT2D eigenvalue weighted by Gasteiger charge is -2.37. The van der Waals surface area contributed by atoms with Crippen molar-refractivity contribution >= 4 is 22.8 Å². The summed E-state index contributed by atoms with van der Waals surface area (Å²) in [5, 5.41) is 4.55. The predicted octanol–water partition coefficient (Wildman–Crippen LogP) is 1.42. The lowest BCUT2D eigenvalue weighted by atomic mass is 10.2. The molecule has 0 bridgehead atoms. The van der Waals surface area contributed by atoms with E-state index >= 15 is 0 Å². The molecule has 0 unspecified atom stereocenters. The molecule has 8 heteroatoms. The minimum absolute atomic E-state index is 0.211. The molecule has 8 nitrogen and oxygen atoms in total. The Morgan fingerprint density at radius 3 is 2.58 bits per heavy atom. The molecule has 1 aromatic carbocycles. The van der Waals surface area contributed by atoms with E-state index in [1.807, 2.05) is 23.1 Å². The fourth-order valence-corrected chi connectivity index (χ4v) is 4.08. The third-order valence-corrected chi connectivity index (χ3v) is 5.83. The lowest BCUT2D eigenvalue weighted by Crippen LogP contribution is -2.55. The Hall–Kier alpha value is -2.58. The minimum atomic E-state index is 0.211. The van der Waals surface area contributed by atoms with Gasteiger partial charge in [0.25, 0.3) is 0 Å². The molecule has 2 aliphatic rings. The molecule has 2 aliphatic heterocycles. The summed E-state index contributed by atoms with van der Waals surface area (Å²) in [6.07, 6.45) is 0.775. The van der Waals surface area contributed by atoms with Crippen LogP contribution in [0.25, 0.3) is 11.0 Å². The van der Waals surface area contributed by atoms with E-state index in [1.165, 1.54) is 0 Å². The molecular formula is C23H33N5O3. The van der Waals surface area contributed by atoms with E-state index in [2.05, 4.69) is 34.2 Å². The van der Waals surface area contributed by atoms with Crippen LogP contribution < -0.4 is 5.32 Å². The molecule has 3 heterocycles. The van der Waals surface area contributed by atoms with E-state index in [0.717, 1.165) is 61.8 Å². The molecule has 0 radical (unpaired) electrons. The van der Waals surface area contributed by atoms with Crippen molar-refractivity contribution in [1.29, 1.82) is 0 Å². The van der Waals surface area contributed by atoms with Crippen LogP contribution in [0.5, 0.6) is 0 Å². The first-order chi connectivity index (χ1) is 15.2. The number of piperazine rings is 1. The van der Waals surface area contributed by atoms with Crippen LogP contribution in [0.15, 0.2) is 39.7 Å². The number of nitrogens with zero attached hydrogens (tertiary/aromatic N) is 4. The fourth-order valence-electron chi connectivity index (χ4n) is 4.08. The summed E-state index contributed by atoms with van der Waals surface area (Å²) in [6, 6.07) is 10.2. The Morgan fingerprint density at radius 2 is 1.84 bits per heavy atom. The van der Waals surface area contributed by atoms with Crippen molar-refractivity contribution in [2.45, 2.75) is 13.3 Å². The summed E-state index contributed by atoms with van der Waals surface area (Å²) in [7, 11) is 0. The molecule has 0 atom stereocenters. The van der Waals surface area contributed by atoms with Crippen LogP contribution in [0.2, 0.25) is 0 Å². The van der Waals surface area contributed by atoms with Crippen molar-refractivity contribution in [1.82, 2.24) is 20.0 Å². The molecule has 1 aromatic heterocycles. The largest absolute Gasteiger partial charge is 0.461 e. The molecule has 0 spiro atoms. The number of furan rings is 1. The fraction of sp³-hybridized carbons (Fsp3) is 0.565. The van der Waals surface area contributed by atoms with Gasteiger partial charge in [0.2, 0.25) is 5.91 Å². The van der Waals surface area contributed by atoms with Gasteiger partial charge in [-0.15, -0.1) is 0 Å². The highest BCUT2D eigenvalue weighted by Crippen LogP contribution is 2.19. The summed E-state index contributed by atoms with van der Waals surface area (Å²) in [4.78, 5) is 23.8. The molecule has 0 aliphatic carbocycles. The predicted molar refractivity (Wildman–Crippen MR) is 121 cm³/mol. The topological polar surface area (TPSA) is 73.6 Å². The van der Waals surface area contributed by atoms with Gasteiger partial charge in [-0.3, -0.25) is 14.7 Å². The van der Waals surface area contributed by atoms with Gasteiger partial charge in [-0.1, -0.05) is 18.2 Å². The number of guanidine groups is 1. The van der Waals surface area contributed by atoms with Crippen LogP contribution >= 0.6 is 0 Å². The van der Waals surface area contributed by atoms with Crippen molar-refractivity contribution < 1.29 is 13.9 Å². The number of amides is 1. The van der Waals surface area contributed by atoms with E-state index < -0.39 is 0 Å². The van der Waals surface area contributed by atoms with Crippen LogP contribution in [0, 0.1) is 0 Å². The number of carbonyl (C=O) groups is 1. The number of hydrogen-bond acceptors (Lipinski definition) is 5. The number of rotatable bonds is 6. The highest BCUT2D eigenvalue weighted by atomic mass is 16.5. The number of ether oxygens (including phenoxy) is 1. The first-order valence-corrected chi connectivity index (χ1v) is 11.3. The molecule has 31 heavy (non-hydrogen) atoms. The average Bonchev–Trinajstić information content (AvgIpc) is 3.22. The molecule has 0 saturated carbocycles. The summed E-state index contributed by atoms with van der Waals surface area (Å²) >= 11 is 0. The Bertz CT molecular complexity index is 849. The number of benzene rings is 1. The van der Waals surface area contributed by atoms with E-state index in [0.29, 0.717) is 39.4 Å². The maximum atomic E-state index is 12.5. The van der Waals surface area contributed by atoms with Gasteiger partial charge >= 0.3 is 0 Å². The van der Waals surface area contributed by atoms with Gasteiger partial charge < -0.3 is 24.3 Å².